The highest BCUT2D eigenvalue weighted by molar-refractivity contribution is 7.89. The van der Waals surface area contributed by atoms with Gasteiger partial charge in [-0.1, -0.05) is 0 Å². The second-order valence-electron chi connectivity index (χ2n) is 9.94. The van der Waals surface area contributed by atoms with Crippen molar-refractivity contribution in [1.29, 1.82) is 0 Å². The Morgan fingerprint density at radius 3 is 2.41 bits per heavy atom. The number of hydrogen-bond donors (Lipinski definition) is 2. The maximum absolute atomic E-state index is 13.3. The number of carbonyl (C=O) groups is 1. The average Bonchev–Trinajstić information content (AvgIpc) is 3.50. The van der Waals surface area contributed by atoms with Crippen molar-refractivity contribution in [3.05, 3.63) is 40.8 Å². The molecule has 11 heteroatoms. The van der Waals surface area contributed by atoms with Crippen LogP contribution in [0.2, 0.25) is 5.28 Å². The van der Waals surface area contributed by atoms with Crippen molar-refractivity contribution in [2.75, 3.05) is 36.5 Å². The van der Waals surface area contributed by atoms with Gasteiger partial charge in [0.05, 0.1) is 34.9 Å². The molecule has 34 heavy (non-hydrogen) atoms. The van der Waals surface area contributed by atoms with Crippen LogP contribution in [0.3, 0.4) is 0 Å². The lowest BCUT2D eigenvalue weighted by Gasteiger charge is -2.38. The monoisotopic (exact) mass is 505 g/mol. The Morgan fingerprint density at radius 1 is 1.12 bits per heavy atom. The number of benzene rings is 1. The predicted molar refractivity (Wildman–Crippen MR) is 129 cm³/mol. The smallest absolute Gasteiger partial charge is 0.258 e. The SMILES string of the molecule is Cc1cc(NC(=O)c2ccc(S(=O)(=O)NC3(C)COC3)cc2N2CCC3(CC2)CC3)nc(Cl)n1. The molecule has 3 fully saturated rings. The number of amides is 1. The summed E-state index contributed by atoms with van der Waals surface area (Å²) in [6.45, 7) is 5.79. The van der Waals surface area contributed by atoms with E-state index in [0.717, 1.165) is 25.9 Å². The van der Waals surface area contributed by atoms with Crippen molar-refractivity contribution in [3.8, 4) is 0 Å². The summed E-state index contributed by atoms with van der Waals surface area (Å²) in [5.41, 5.74) is 1.43. The molecule has 2 aliphatic heterocycles. The molecule has 0 bridgehead atoms. The molecule has 1 aliphatic carbocycles. The lowest BCUT2D eigenvalue weighted by atomic mass is 9.93. The summed E-state index contributed by atoms with van der Waals surface area (Å²) in [6.07, 6.45) is 4.58. The van der Waals surface area contributed by atoms with Crippen LogP contribution in [0.15, 0.2) is 29.2 Å². The number of rotatable bonds is 6. The number of ether oxygens (including phenoxy) is 1. The molecular weight excluding hydrogens is 478 g/mol. The molecule has 182 valence electrons. The molecule has 0 atom stereocenters. The number of hydrogen-bond acceptors (Lipinski definition) is 7. The highest BCUT2D eigenvalue weighted by atomic mass is 35.5. The lowest BCUT2D eigenvalue weighted by molar-refractivity contribution is -0.0523. The van der Waals surface area contributed by atoms with Crippen LogP contribution in [0.25, 0.3) is 0 Å². The number of anilines is 2. The Labute approximate surface area is 204 Å². The summed E-state index contributed by atoms with van der Waals surface area (Å²) in [5, 5.41) is 2.82. The molecule has 2 aromatic rings. The molecule has 1 saturated carbocycles. The predicted octanol–water partition coefficient (Wildman–Crippen LogP) is 3.14. The molecule has 1 aromatic heterocycles. The number of sulfonamides is 1. The number of piperidine rings is 1. The Balaban J connectivity index is 1.46. The van der Waals surface area contributed by atoms with Crippen molar-refractivity contribution in [2.24, 2.45) is 5.41 Å². The summed E-state index contributed by atoms with van der Waals surface area (Å²) in [5.74, 6) is -0.0903. The van der Waals surface area contributed by atoms with Gasteiger partial charge in [0.25, 0.3) is 5.91 Å². The third-order valence-electron chi connectivity index (χ3n) is 6.94. The Kier molecular flexibility index (Phi) is 5.83. The van der Waals surface area contributed by atoms with E-state index in [4.69, 9.17) is 16.3 Å². The van der Waals surface area contributed by atoms with E-state index >= 15 is 0 Å². The fraction of sp³-hybridized carbons (Fsp3) is 0.522. The van der Waals surface area contributed by atoms with E-state index in [0.29, 0.717) is 41.4 Å². The molecule has 5 rings (SSSR count). The molecular formula is C23H28ClN5O4S. The fourth-order valence-corrected chi connectivity index (χ4v) is 6.28. The van der Waals surface area contributed by atoms with Crippen LogP contribution in [-0.4, -0.2) is 56.1 Å². The van der Waals surface area contributed by atoms with Crippen LogP contribution in [0.1, 0.15) is 48.7 Å². The van der Waals surface area contributed by atoms with Gasteiger partial charge in [-0.2, -0.15) is 0 Å². The van der Waals surface area contributed by atoms with Crippen molar-refractivity contribution >= 4 is 39.0 Å². The fourth-order valence-electron chi connectivity index (χ4n) is 4.66. The Morgan fingerprint density at radius 2 is 1.82 bits per heavy atom. The Bertz CT molecular complexity index is 1210. The molecule has 1 aromatic carbocycles. The maximum Gasteiger partial charge on any atom is 0.258 e. The molecule has 1 amide bonds. The number of nitrogens with one attached hydrogen (secondary N) is 2. The van der Waals surface area contributed by atoms with Crippen LogP contribution in [0, 0.1) is 12.3 Å². The Hall–Kier alpha value is -2.27. The minimum Gasteiger partial charge on any atom is -0.377 e. The van der Waals surface area contributed by atoms with E-state index in [1.54, 1.807) is 25.1 Å². The van der Waals surface area contributed by atoms with Gasteiger partial charge >= 0.3 is 0 Å². The van der Waals surface area contributed by atoms with Gasteiger partial charge in [-0.3, -0.25) is 4.79 Å². The number of halogens is 1. The standard InChI is InChI=1S/C23H28ClN5O4S/c1-15-11-19(27-21(24)25-15)26-20(30)17-4-3-16(34(31,32)28-22(2)13-33-14-22)12-18(17)29-9-7-23(5-6-23)8-10-29/h3-4,11-12,28H,5-10,13-14H2,1-2H3,(H,25,26,27,30). The second kappa shape index (κ2) is 8.44. The number of nitrogens with zero attached hydrogens (tertiary/aromatic N) is 3. The van der Waals surface area contributed by atoms with Crippen molar-refractivity contribution in [3.63, 3.8) is 0 Å². The molecule has 9 nitrogen and oxygen atoms in total. The largest absolute Gasteiger partial charge is 0.377 e. The minimum atomic E-state index is -3.79. The van der Waals surface area contributed by atoms with Crippen molar-refractivity contribution in [1.82, 2.24) is 14.7 Å². The van der Waals surface area contributed by atoms with E-state index in [1.165, 1.54) is 18.9 Å². The lowest BCUT2D eigenvalue weighted by Crippen LogP contribution is -2.59. The highest BCUT2D eigenvalue weighted by Gasteiger charge is 2.45. The van der Waals surface area contributed by atoms with E-state index in [2.05, 4.69) is 24.9 Å². The van der Waals surface area contributed by atoms with Gasteiger partial charge < -0.3 is 15.0 Å². The van der Waals surface area contributed by atoms with Gasteiger partial charge in [0.1, 0.15) is 5.82 Å². The van der Waals surface area contributed by atoms with Gasteiger partial charge in [-0.05, 0) is 74.7 Å². The van der Waals surface area contributed by atoms with Crippen molar-refractivity contribution < 1.29 is 17.9 Å². The maximum atomic E-state index is 13.3. The number of carbonyl (C=O) groups excluding carboxylic acids is 1. The zero-order chi connectivity index (χ0) is 24.1. The zero-order valence-electron chi connectivity index (χ0n) is 19.2. The first kappa shape index (κ1) is 23.5. The van der Waals surface area contributed by atoms with Crippen LogP contribution in [0.4, 0.5) is 11.5 Å². The molecule has 0 radical (unpaired) electrons. The van der Waals surface area contributed by atoms with E-state index < -0.39 is 15.6 Å². The van der Waals surface area contributed by atoms with E-state index in [9.17, 15) is 13.2 Å². The van der Waals surface area contributed by atoms with E-state index in [1.807, 2.05) is 6.92 Å². The van der Waals surface area contributed by atoms with E-state index in [-0.39, 0.29) is 16.1 Å². The molecule has 3 aliphatic rings. The van der Waals surface area contributed by atoms with Crippen LogP contribution < -0.4 is 14.9 Å². The van der Waals surface area contributed by atoms with Crippen LogP contribution in [-0.2, 0) is 14.8 Å². The summed E-state index contributed by atoms with van der Waals surface area (Å²) in [7, 11) is -3.79. The van der Waals surface area contributed by atoms with Crippen LogP contribution in [0.5, 0.6) is 0 Å². The quantitative estimate of drug-likeness (QED) is 0.580. The summed E-state index contributed by atoms with van der Waals surface area (Å²) in [4.78, 5) is 23.6. The summed E-state index contributed by atoms with van der Waals surface area (Å²) < 4.78 is 34.2. The first-order valence-corrected chi connectivity index (χ1v) is 13.3. The van der Waals surface area contributed by atoms with Gasteiger partial charge in [0.15, 0.2) is 0 Å². The summed E-state index contributed by atoms with van der Waals surface area (Å²) in [6, 6.07) is 6.26. The normalized spacial score (nSPS) is 20.6. The van der Waals surface area contributed by atoms with Gasteiger partial charge in [-0.25, -0.2) is 23.1 Å². The molecule has 1 spiro atoms. The molecule has 2 N–H and O–H groups in total. The zero-order valence-corrected chi connectivity index (χ0v) is 20.8. The number of aryl methyl sites for hydroxylation is 1. The molecule has 0 unspecified atom stereocenters. The topological polar surface area (TPSA) is 114 Å². The molecule has 3 heterocycles. The average molecular weight is 506 g/mol. The van der Waals surface area contributed by atoms with Gasteiger partial charge in [0.2, 0.25) is 15.3 Å². The van der Waals surface area contributed by atoms with Gasteiger partial charge in [-0.15, -0.1) is 0 Å². The van der Waals surface area contributed by atoms with Crippen molar-refractivity contribution in [2.45, 2.75) is 50.0 Å². The van der Waals surface area contributed by atoms with Crippen LogP contribution >= 0.6 is 11.6 Å². The molecule has 2 saturated heterocycles. The minimum absolute atomic E-state index is 0.0438. The number of aromatic nitrogens is 2. The highest BCUT2D eigenvalue weighted by Crippen LogP contribution is 2.54. The first-order valence-electron chi connectivity index (χ1n) is 11.4. The third kappa shape index (κ3) is 4.77. The summed E-state index contributed by atoms with van der Waals surface area (Å²) >= 11 is 5.94. The third-order valence-corrected chi connectivity index (χ3v) is 8.74. The first-order chi connectivity index (χ1) is 16.1. The van der Waals surface area contributed by atoms with Gasteiger partial charge in [0, 0.05) is 24.8 Å². The second-order valence-corrected chi connectivity index (χ2v) is 12.0.